The highest BCUT2D eigenvalue weighted by Gasteiger charge is 2.32. The molecule has 0 aromatic heterocycles. The Bertz CT molecular complexity index is 590. The summed E-state index contributed by atoms with van der Waals surface area (Å²) in [4.78, 5) is -0.772. The summed E-state index contributed by atoms with van der Waals surface area (Å²) >= 11 is 0. The molecular formula is C14H21F2NO3S. The molecule has 2 N–H and O–H groups in total. The minimum absolute atomic E-state index is 0.00405. The fourth-order valence-corrected chi connectivity index (χ4v) is 3.96. The van der Waals surface area contributed by atoms with E-state index in [4.69, 9.17) is 5.11 Å². The first-order chi connectivity index (χ1) is 9.75. The number of aliphatic hydroxyl groups is 1. The predicted molar refractivity (Wildman–Crippen MR) is 76.2 cm³/mol. The summed E-state index contributed by atoms with van der Waals surface area (Å²) in [6.07, 6.45) is 1.59. The van der Waals surface area contributed by atoms with Gasteiger partial charge in [-0.25, -0.2) is 21.9 Å². The van der Waals surface area contributed by atoms with Crippen molar-refractivity contribution in [3.05, 3.63) is 29.3 Å². The molecule has 7 heteroatoms. The molecular weight excluding hydrogens is 300 g/mol. The topological polar surface area (TPSA) is 66.4 Å². The van der Waals surface area contributed by atoms with Gasteiger partial charge in [0.15, 0.2) is 11.6 Å². The minimum atomic E-state index is -4.22. The van der Waals surface area contributed by atoms with Crippen LogP contribution in [0.25, 0.3) is 0 Å². The first kappa shape index (κ1) is 18.0. The Balaban J connectivity index is 3.34. The van der Waals surface area contributed by atoms with Crippen LogP contribution < -0.4 is 4.72 Å². The second kappa shape index (κ2) is 6.81. The lowest BCUT2D eigenvalue weighted by Gasteiger charge is -2.31. The van der Waals surface area contributed by atoms with Gasteiger partial charge in [0.25, 0.3) is 0 Å². The maximum atomic E-state index is 13.8. The Morgan fingerprint density at radius 1 is 1.14 bits per heavy atom. The normalized spacial score (nSPS) is 12.7. The lowest BCUT2D eigenvalue weighted by atomic mass is 9.91. The Kier molecular flexibility index (Phi) is 5.83. The monoisotopic (exact) mass is 321 g/mol. The number of hydrogen-bond acceptors (Lipinski definition) is 3. The summed E-state index contributed by atoms with van der Waals surface area (Å²) < 4.78 is 54.5. The molecule has 0 heterocycles. The third-order valence-corrected chi connectivity index (χ3v) is 5.49. The van der Waals surface area contributed by atoms with Crippen LogP contribution in [0.3, 0.4) is 0 Å². The Labute approximate surface area is 124 Å². The van der Waals surface area contributed by atoms with Gasteiger partial charge < -0.3 is 5.11 Å². The summed E-state index contributed by atoms with van der Waals surface area (Å²) in [7, 11) is -4.22. The molecule has 120 valence electrons. The fourth-order valence-electron chi connectivity index (χ4n) is 2.21. The first-order valence-corrected chi connectivity index (χ1v) is 8.36. The van der Waals surface area contributed by atoms with Gasteiger partial charge in [-0.15, -0.1) is 0 Å². The van der Waals surface area contributed by atoms with Crippen molar-refractivity contribution >= 4 is 10.0 Å². The Morgan fingerprint density at radius 2 is 1.67 bits per heavy atom. The zero-order chi connectivity index (χ0) is 16.3. The molecule has 0 aliphatic carbocycles. The Morgan fingerprint density at radius 3 is 2.10 bits per heavy atom. The van der Waals surface area contributed by atoms with E-state index in [1.807, 2.05) is 20.8 Å². The van der Waals surface area contributed by atoms with Gasteiger partial charge in [0, 0.05) is 5.54 Å². The molecule has 0 saturated heterocycles. The van der Waals surface area contributed by atoms with E-state index in [0.717, 1.165) is 12.1 Å². The molecule has 0 atom stereocenters. The second-order valence-corrected chi connectivity index (χ2v) is 6.65. The SMILES string of the molecule is CCC(CC)(CC)NS(=O)(=O)c1cc(CO)cc(F)c1F. The van der Waals surface area contributed by atoms with E-state index < -0.39 is 38.7 Å². The van der Waals surface area contributed by atoms with Crippen LogP contribution >= 0.6 is 0 Å². The van der Waals surface area contributed by atoms with E-state index in [0.29, 0.717) is 19.3 Å². The van der Waals surface area contributed by atoms with Gasteiger partial charge in [0.1, 0.15) is 4.90 Å². The predicted octanol–water partition coefficient (Wildman–Crippen LogP) is 2.70. The molecule has 1 aromatic rings. The molecule has 0 radical (unpaired) electrons. The molecule has 0 amide bonds. The first-order valence-electron chi connectivity index (χ1n) is 6.88. The lowest BCUT2D eigenvalue weighted by molar-refractivity contribution is 0.280. The highest BCUT2D eigenvalue weighted by Crippen LogP contribution is 2.25. The molecule has 1 rings (SSSR count). The molecule has 0 aliphatic rings. The van der Waals surface area contributed by atoms with E-state index >= 15 is 0 Å². The number of halogens is 2. The van der Waals surface area contributed by atoms with Gasteiger partial charge in [-0.2, -0.15) is 0 Å². The summed E-state index contributed by atoms with van der Waals surface area (Å²) in [5.74, 6) is -2.73. The van der Waals surface area contributed by atoms with Crippen LogP contribution in [0.1, 0.15) is 45.6 Å². The summed E-state index contributed by atoms with van der Waals surface area (Å²) in [5.41, 5.74) is -0.693. The number of nitrogens with one attached hydrogen (secondary N) is 1. The number of aliphatic hydroxyl groups excluding tert-OH is 1. The van der Waals surface area contributed by atoms with Gasteiger partial charge in [-0.05, 0) is 37.0 Å². The van der Waals surface area contributed by atoms with E-state index in [-0.39, 0.29) is 5.56 Å². The second-order valence-electron chi connectivity index (χ2n) is 4.99. The van der Waals surface area contributed by atoms with Gasteiger partial charge >= 0.3 is 0 Å². The van der Waals surface area contributed by atoms with Crippen LogP contribution in [0.2, 0.25) is 0 Å². The zero-order valence-corrected chi connectivity index (χ0v) is 13.2. The molecule has 0 saturated carbocycles. The standard InChI is InChI=1S/C14H21F2NO3S/c1-4-14(5-2,6-3)17-21(19,20)12-8-10(9-18)7-11(15)13(12)16/h7-8,17-18H,4-6,9H2,1-3H3. The number of benzene rings is 1. The molecule has 0 bridgehead atoms. The van der Waals surface area contributed by atoms with Crippen LogP contribution in [0.4, 0.5) is 8.78 Å². The molecule has 1 aromatic carbocycles. The molecule has 4 nitrogen and oxygen atoms in total. The van der Waals surface area contributed by atoms with Crippen molar-refractivity contribution in [2.45, 2.75) is 57.1 Å². The molecule has 0 aliphatic heterocycles. The van der Waals surface area contributed by atoms with Crippen LogP contribution in [-0.2, 0) is 16.6 Å². The van der Waals surface area contributed by atoms with Crippen molar-refractivity contribution in [1.82, 2.24) is 4.72 Å². The smallest absolute Gasteiger partial charge is 0.244 e. The zero-order valence-electron chi connectivity index (χ0n) is 12.4. The largest absolute Gasteiger partial charge is 0.392 e. The summed E-state index contributed by atoms with van der Waals surface area (Å²) in [5, 5.41) is 9.01. The number of sulfonamides is 1. The van der Waals surface area contributed by atoms with Gasteiger partial charge in [0.2, 0.25) is 10.0 Å². The molecule has 0 unspecified atom stereocenters. The van der Waals surface area contributed by atoms with E-state index in [2.05, 4.69) is 4.72 Å². The van der Waals surface area contributed by atoms with Crippen LogP contribution in [-0.4, -0.2) is 19.1 Å². The molecule has 0 spiro atoms. The molecule has 21 heavy (non-hydrogen) atoms. The van der Waals surface area contributed by atoms with Crippen molar-refractivity contribution in [2.24, 2.45) is 0 Å². The third kappa shape index (κ3) is 3.78. The molecule has 0 fully saturated rings. The summed E-state index contributed by atoms with van der Waals surface area (Å²) in [6, 6.07) is 1.73. The average Bonchev–Trinajstić information content (AvgIpc) is 2.47. The van der Waals surface area contributed by atoms with Crippen molar-refractivity contribution in [1.29, 1.82) is 0 Å². The van der Waals surface area contributed by atoms with E-state index in [9.17, 15) is 17.2 Å². The summed E-state index contributed by atoms with van der Waals surface area (Å²) in [6.45, 7) is 4.92. The Hall–Kier alpha value is -1.05. The van der Waals surface area contributed by atoms with Crippen LogP contribution in [0.5, 0.6) is 0 Å². The lowest BCUT2D eigenvalue weighted by Crippen LogP contribution is -2.47. The maximum absolute atomic E-state index is 13.8. The van der Waals surface area contributed by atoms with Crippen molar-refractivity contribution < 1.29 is 22.3 Å². The number of hydrogen-bond donors (Lipinski definition) is 2. The third-order valence-electron chi connectivity index (χ3n) is 3.91. The van der Waals surface area contributed by atoms with Gasteiger partial charge in [-0.3, -0.25) is 0 Å². The van der Waals surface area contributed by atoms with Crippen molar-refractivity contribution in [3.8, 4) is 0 Å². The van der Waals surface area contributed by atoms with Crippen LogP contribution in [0, 0.1) is 11.6 Å². The number of rotatable bonds is 7. The van der Waals surface area contributed by atoms with Gasteiger partial charge in [0.05, 0.1) is 6.61 Å². The average molecular weight is 321 g/mol. The minimum Gasteiger partial charge on any atom is -0.392 e. The quantitative estimate of drug-likeness (QED) is 0.811. The highest BCUT2D eigenvalue weighted by molar-refractivity contribution is 7.89. The fraction of sp³-hybridized carbons (Fsp3) is 0.571. The highest BCUT2D eigenvalue weighted by atomic mass is 32.2. The maximum Gasteiger partial charge on any atom is 0.244 e. The van der Waals surface area contributed by atoms with E-state index in [1.165, 1.54) is 0 Å². The van der Waals surface area contributed by atoms with Gasteiger partial charge in [-0.1, -0.05) is 20.8 Å². The van der Waals surface area contributed by atoms with Crippen molar-refractivity contribution in [2.75, 3.05) is 0 Å². The van der Waals surface area contributed by atoms with Crippen LogP contribution in [0.15, 0.2) is 17.0 Å². The van der Waals surface area contributed by atoms with Crippen molar-refractivity contribution in [3.63, 3.8) is 0 Å². The van der Waals surface area contributed by atoms with E-state index in [1.54, 1.807) is 0 Å².